The number of amides is 1. The molecule has 5 nitrogen and oxygen atoms in total. The molecule has 3 rings (SSSR count). The number of nitrogens with one attached hydrogen (secondary N) is 1. The van der Waals surface area contributed by atoms with E-state index in [4.69, 9.17) is 0 Å². The van der Waals surface area contributed by atoms with Gasteiger partial charge in [-0.05, 0) is 61.9 Å². The first-order valence-corrected chi connectivity index (χ1v) is 10.7. The number of sulfonamides is 1. The number of anilines is 1. The molecule has 1 saturated heterocycles. The Labute approximate surface area is 161 Å². The summed E-state index contributed by atoms with van der Waals surface area (Å²) in [6.45, 7) is 7.22. The predicted octanol–water partition coefficient (Wildman–Crippen LogP) is 3.98. The normalized spacial score (nSPS) is 15.6. The van der Waals surface area contributed by atoms with Crippen molar-refractivity contribution in [2.45, 2.75) is 38.5 Å². The average molecular weight is 387 g/mol. The Hall–Kier alpha value is -2.34. The summed E-state index contributed by atoms with van der Waals surface area (Å²) in [6.07, 6.45) is 1.97. The van der Waals surface area contributed by atoms with Crippen molar-refractivity contribution in [1.29, 1.82) is 0 Å². The molecule has 2 aromatic rings. The van der Waals surface area contributed by atoms with Gasteiger partial charge < -0.3 is 4.90 Å². The van der Waals surface area contributed by atoms with Crippen molar-refractivity contribution in [2.24, 2.45) is 5.92 Å². The molecule has 6 heteroatoms. The Bertz CT molecular complexity index is 946. The average Bonchev–Trinajstić information content (AvgIpc) is 2.64. The molecule has 1 amide bonds. The largest absolute Gasteiger partial charge is 0.339 e. The van der Waals surface area contributed by atoms with Crippen molar-refractivity contribution < 1.29 is 13.2 Å². The fourth-order valence-corrected chi connectivity index (χ4v) is 4.71. The number of nitrogens with zero attached hydrogens (tertiary/aromatic N) is 1. The molecule has 0 radical (unpaired) electrons. The second-order valence-electron chi connectivity index (χ2n) is 7.38. The summed E-state index contributed by atoms with van der Waals surface area (Å²) in [6, 6.07) is 12.1. The molecule has 0 aliphatic carbocycles. The highest BCUT2D eigenvalue weighted by Crippen LogP contribution is 2.24. The van der Waals surface area contributed by atoms with Gasteiger partial charge in [-0.1, -0.05) is 31.2 Å². The molecule has 0 bridgehead atoms. The lowest BCUT2D eigenvalue weighted by atomic mass is 9.98. The van der Waals surface area contributed by atoms with Gasteiger partial charge in [-0.3, -0.25) is 9.52 Å². The first-order chi connectivity index (χ1) is 12.8. The van der Waals surface area contributed by atoms with E-state index in [-0.39, 0.29) is 10.8 Å². The van der Waals surface area contributed by atoms with E-state index in [1.165, 1.54) is 6.07 Å². The van der Waals surface area contributed by atoms with Crippen molar-refractivity contribution in [3.8, 4) is 0 Å². The molecule has 0 spiro atoms. The van der Waals surface area contributed by atoms with E-state index in [9.17, 15) is 13.2 Å². The summed E-state index contributed by atoms with van der Waals surface area (Å²) in [5.74, 6) is 0.524. The van der Waals surface area contributed by atoms with Crippen LogP contribution in [-0.4, -0.2) is 32.3 Å². The zero-order valence-corrected chi connectivity index (χ0v) is 16.8. The first-order valence-electron chi connectivity index (χ1n) is 9.26. The highest BCUT2D eigenvalue weighted by molar-refractivity contribution is 7.92. The minimum Gasteiger partial charge on any atom is -0.339 e. The van der Waals surface area contributed by atoms with Gasteiger partial charge in [0, 0.05) is 18.7 Å². The molecule has 144 valence electrons. The van der Waals surface area contributed by atoms with Crippen molar-refractivity contribution in [3.63, 3.8) is 0 Å². The van der Waals surface area contributed by atoms with Gasteiger partial charge in [0.05, 0.1) is 10.6 Å². The van der Waals surface area contributed by atoms with E-state index in [2.05, 4.69) is 11.6 Å². The Morgan fingerprint density at radius 3 is 2.37 bits per heavy atom. The highest BCUT2D eigenvalue weighted by atomic mass is 32.2. The summed E-state index contributed by atoms with van der Waals surface area (Å²) in [7, 11) is -3.78. The molecule has 0 unspecified atom stereocenters. The van der Waals surface area contributed by atoms with Crippen LogP contribution in [0.1, 0.15) is 41.3 Å². The second-order valence-corrected chi connectivity index (χ2v) is 9.03. The Morgan fingerprint density at radius 2 is 1.70 bits per heavy atom. The van der Waals surface area contributed by atoms with E-state index in [0.717, 1.165) is 31.5 Å². The number of aryl methyl sites for hydroxylation is 2. The smallest absolute Gasteiger partial charge is 0.262 e. The van der Waals surface area contributed by atoms with Crippen molar-refractivity contribution >= 4 is 21.6 Å². The Morgan fingerprint density at radius 1 is 1.04 bits per heavy atom. The summed E-state index contributed by atoms with van der Waals surface area (Å²) >= 11 is 0. The van der Waals surface area contributed by atoms with Crippen LogP contribution in [0.25, 0.3) is 0 Å². The van der Waals surface area contributed by atoms with E-state index >= 15 is 0 Å². The van der Waals surface area contributed by atoms with E-state index in [0.29, 0.717) is 22.7 Å². The lowest BCUT2D eigenvalue weighted by Crippen LogP contribution is -2.38. The molecule has 1 fully saturated rings. The number of para-hydroxylation sites is 1. The molecule has 1 heterocycles. The van der Waals surface area contributed by atoms with E-state index in [1.807, 2.05) is 24.0 Å². The van der Waals surface area contributed by atoms with Gasteiger partial charge in [0.1, 0.15) is 0 Å². The topological polar surface area (TPSA) is 66.5 Å². The molecular weight excluding hydrogens is 360 g/mol. The van der Waals surface area contributed by atoms with Crippen LogP contribution in [0.2, 0.25) is 0 Å². The summed E-state index contributed by atoms with van der Waals surface area (Å²) in [5, 5.41) is 0. The predicted molar refractivity (Wildman–Crippen MR) is 107 cm³/mol. The van der Waals surface area contributed by atoms with E-state index in [1.54, 1.807) is 31.2 Å². The fraction of sp³-hybridized carbons (Fsp3) is 0.381. The molecule has 0 atom stereocenters. The lowest BCUT2D eigenvalue weighted by Gasteiger charge is -2.30. The SMILES string of the molecule is Cc1ccccc1NS(=O)(=O)c1cc(C(=O)N2CCC(C)CC2)ccc1C. The van der Waals surface area contributed by atoms with Crippen LogP contribution in [0.5, 0.6) is 0 Å². The molecule has 27 heavy (non-hydrogen) atoms. The molecule has 2 aromatic carbocycles. The molecule has 0 saturated carbocycles. The third-order valence-electron chi connectivity index (χ3n) is 5.18. The third kappa shape index (κ3) is 4.33. The maximum absolute atomic E-state index is 12.9. The Balaban J connectivity index is 1.88. The second kappa shape index (κ2) is 7.72. The first kappa shape index (κ1) is 19.4. The molecule has 1 aliphatic rings. The standard InChI is InChI=1S/C21H26N2O3S/c1-15-10-12-23(13-11-15)21(24)18-9-8-17(3)20(14-18)27(25,26)22-19-7-5-4-6-16(19)2/h4-9,14-15,22H,10-13H2,1-3H3. The zero-order valence-electron chi connectivity index (χ0n) is 16.0. The van der Waals surface area contributed by atoms with Gasteiger partial charge in [0.2, 0.25) is 0 Å². The van der Waals surface area contributed by atoms with Crippen LogP contribution < -0.4 is 4.72 Å². The number of likely N-dealkylation sites (tertiary alicyclic amines) is 1. The minimum atomic E-state index is -3.78. The molecule has 1 N–H and O–H groups in total. The number of benzene rings is 2. The number of rotatable bonds is 4. The van der Waals surface area contributed by atoms with Gasteiger partial charge in [-0.25, -0.2) is 8.42 Å². The van der Waals surface area contributed by atoms with Crippen LogP contribution in [0, 0.1) is 19.8 Å². The van der Waals surface area contributed by atoms with Gasteiger partial charge in [0.15, 0.2) is 0 Å². The van der Waals surface area contributed by atoms with Gasteiger partial charge in [0.25, 0.3) is 15.9 Å². The maximum atomic E-state index is 12.9. The quantitative estimate of drug-likeness (QED) is 0.864. The zero-order chi connectivity index (χ0) is 19.6. The maximum Gasteiger partial charge on any atom is 0.262 e. The van der Waals surface area contributed by atoms with Crippen LogP contribution in [0.15, 0.2) is 47.4 Å². The number of carbonyl (C=O) groups excluding carboxylic acids is 1. The van der Waals surface area contributed by atoms with Crippen LogP contribution in [0.4, 0.5) is 5.69 Å². The number of hydrogen-bond acceptors (Lipinski definition) is 3. The van der Waals surface area contributed by atoms with Crippen molar-refractivity contribution in [3.05, 3.63) is 59.2 Å². The third-order valence-corrected chi connectivity index (χ3v) is 6.69. The highest BCUT2D eigenvalue weighted by Gasteiger charge is 2.24. The summed E-state index contributed by atoms with van der Waals surface area (Å²) < 4.78 is 28.5. The molecular formula is C21H26N2O3S. The van der Waals surface area contributed by atoms with Crippen LogP contribution in [-0.2, 0) is 10.0 Å². The number of carbonyl (C=O) groups is 1. The van der Waals surface area contributed by atoms with E-state index < -0.39 is 10.0 Å². The van der Waals surface area contributed by atoms with Gasteiger partial charge in [-0.15, -0.1) is 0 Å². The monoisotopic (exact) mass is 386 g/mol. The summed E-state index contributed by atoms with van der Waals surface area (Å²) in [5.41, 5.74) is 2.41. The fourth-order valence-electron chi connectivity index (χ4n) is 3.30. The number of piperidine rings is 1. The molecule has 0 aromatic heterocycles. The van der Waals surface area contributed by atoms with Gasteiger partial charge in [-0.2, -0.15) is 0 Å². The molecule has 1 aliphatic heterocycles. The minimum absolute atomic E-state index is 0.103. The van der Waals surface area contributed by atoms with Crippen molar-refractivity contribution in [2.75, 3.05) is 17.8 Å². The van der Waals surface area contributed by atoms with Crippen LogP contribution >= 0.6 is 0 Å². The number of hydrogen-bond donors (Lipinski definition) is 1. The van der Waals surface area contributed by atoms with Crippen molar-refractivity contribution in [1.82, 2.24) is 4.90 Å². The Kier molecular flexibility index (Phi) is 5.56. The summed E-state index contributed by atoms with van der Waals surface area (Å²) in [4.78, 5) is 14.8. The van der Waals surface area contributed by atoms with Gasteiger partial charge >= 0.3 is 0 Å². The van der Waals surface area contributed by atoms with Crippen LogP contribution in [0.3, 0.4) is 0 Å². The lowest BCUT2D eigenvalue weighted by molar-refractivity contribution is 0.0697.